The summed E-state index contributed by atoms with van der Waals surface area (Å²) in [4.78, 5) is 48.6. The van der Waals surface area contributed by atoms with Crippen LogP contribution in [0.5, 0.6) is 0 Å². The number of ketones is 3. The fourth-order valence-electron chi connectivity index (χ4n) is 2.24. The van der Waals surface area contributed by atoms with Crippen LogP contribution in [0.25, 0.3) is 0 Å². The van der Waals surface area contributed by atoms with Crippen LogP contribution in [-0.2, 0) is 19.2 Å². The highest BCUT2D eigenvalue weighted by atomic mass is 16.2. The van der Waals surface area contributed by atoms with Gasteiger partial charge in [0.2, 0.25) is 5.91 Å². The minimum Gasteiger partial charge on any atom is -0.346 e. The minimum atomic E-state index is -0.695. The largest absolute Gasteiger partial charge is 0.346 e. The maximum Gasteiger partial charge on any atom is 0.221 e. The second-order valence-corrected chi connectivity index (χ2v) is 9.07. The molecule has 0 aliphatic carbocycles. The Morgan fingerprint density at radius 1 is 0.800 bits per heavy atom. The van der Waals surface area contributed by atoms with Crippen molar-refractivity contribution in [2.45, 2.75) is 87.1 Å². The third kappa shape index (κ3) is 8.94. The molecule has 0 spiro atoms. The highest BCUT2D eigenvalue weighted by Gasteiger charge is 2.31. The molecule has 0 aromatic heterocycles. The summed E-state index contributed by atoms with van der Waals surface area (Å²) in [6.45, 7) is 14.5. The maximum atomic E-state index is 12.6. The molecule has 5 nitrogen and oxygen atoms in total. The van der Waals surface area contributed by atoms with Crippen LogP contribution in [0.1, 0.15) is 81.1 Å². The van der Waals surface area contributed by atoms with Crippen molar-refractivity contribution >= 4 is 23.3 Å². The Kier molecular flexibility index (Phi) is 8.69. The predicted molar refractivity (Wildman–Crippen MR) is 99.2 cm³/mol. The lowest BCUT2D eigenvalue weighted by atomic mass is 9.84. The van der Waals surface area contributed by atoms with Gasteiger partial charge < -0.3 is 5.32 Å². The first kappa shape index (κ1) is 23.5. The molecule has 0 aromatic rings. The topological polar surface area (TPSA) is 80.3 Å². The summed E-state index contributed by atoms with van der Waals surface area (Å²) in [5, 5.41) is 2.73. The van der Waals surface area contributed by atoms with Crippen LogP contribution in [0.2, 0.25) is 0 Å². The number of amides is 1. The highest BCUT2D eigenvalue weighted by molar-refractivity contribution is 5.94. The van der Waals surface area contributed by atoms with Crippen molar-refractivity contribution in [2.24, 2.45) is 16.7 Å². The van der Waals surface area contributed by atoms with E-state index >= 15 is 0 Å². The van der Waals surface area contributed by atoms with E-state index in [1.54, 1.807) is 20.8 Å². The van der Waals surface area contributed by atoms with E-state index in [9.17, 15) is 19.2 Å². The third-order valence-corrected chi connectivity index (χ3v) is 4.13. The molecular weight excluding hydrogens is 318 g/mol. The molecule has 0 heterocycles. The van der Waals surface area contributed by atoms with Crippen molar-refractivity contribution in [1.82, 2.24) is 5.32 Å². The molecule has 1 N–H and O–H groups in total. The number of carbonyl (C=O) groups excluding carboxylic acids is 4. The Labute approximate surface area is 152 Å². The molecule has 1 amide bonds. The molecule has 0 fully saturated rings. The Balaban J connectivity index is 4.87. The van der Waals surface area contributed by atoms with E-state index < -0.39 is 16.9 Å². The zero-order valence-corrected chi connectivity index (χ0v) is 17.1. The molecule has 25 heavy (non-hydrogen) atoms. The van der Waals surface area contributed by atoms with Crippen molar-refractivity contribution in [3.8, 4) is 0 Å². The van der Waals surface area contributed by atoms with Crippen molar-refractivity contribution < 1.29 is 19.2 Å². The molecule has 0 rings (SSSR count). The lowest BCUT2D eigenvalue weighted by Crippen LogP contribution is -2.46. The standard InChI is InChI=1S/C20H35NO4/c1-13(2)15(22)10-9-14(18(25)20(6,7)8)21-17(24)12-11-16(23)19(3,4)5/h13-14H,9-12H2,1-8H3,(H,21,24). The Morgan fingerprint density at radius 3 is 1.72 bits per heavy atom. The zero-order chi connectivity index (χ0) is 20.0. The second-order valence-electron chi connectivity index (χ2n) is 9.07. The summed E-state index contributed by atoms with van der Waals surface area (Å²) in [5.41, 5.74) is -1.09. The van der Waals surface area contributed by atoms with Gasteiger partial charge in [-0.3, -0.25) is 19.2 Å². The molecular formula is C20H35NO4. The predicted octanol–water partition coefficient (Wildman–Crippen LogP) is 3.49. The van der Waals surface area contributed by atoms with Crippen molar-refractivity contribution in [2.75, 3.05) is 0 Å². The molecule has 0 saturated carbocycles. The molecule has 0 aliphatic heterocycles. The summed E-state index contributed by atoms with van der Waals surface area (Å²) in [5.74, 6) is -0.428. The monoisotopic (exact) mass is 353 g/mol. The number of carbonyl (C=O) groups is 4. The van der Waals surface area contributed by atoms with Gasteiger partial charge in [0.05, 0.1) is 6.04 Å². The first-order valence-corrected chi connectivity index (χ1v) is 9.06. The van der Waals surface area contributed by atoms with Gasteiger partial charge in [0, 0.05) is 36.0 Å². The van der Waals surface area contributed by atoms with Crippen LogP contribution >= 0.6 is 0 Å². The molecule has 0 saturated heterocycles. The van der Waals surface area contributed by atoms with Crippen molar-refractivity contribution in [3.63, 3.8) is 0 Å². The lowest BCUT2D eigenvalue weighted by Gasteiger charge is -2.26. The van der Waals surface area contributed by atoms with E-state index in [0.29, 0.717) is 6.42 Å². The summed E-state index contributed by atoms with van der Waals surface area (Å²) >= 11 is 0. The molecule has 1 unspecified atom stereocenters. The Bertz CT molecular complexity index is 507. The van der Waals surface area contributed by atoms with Gasteiger partial charge >= 0.3 is 0 Å². The molecule has 0 aromatic carbocycles. The minimum absolute atomic E-state index is 0.0105. The number of hydrogen-bond acceptors (Lipinski definition) is 4. The molecule has 0 radical (unpaired) electrons. The van der Waals surface area contributed by atoms with Gasteiger partial charge in [0.25, 0.3) is 0 Å². The van der Waals surface area contributed by atoms with Gasteiger partial charge in [0.1, 0.15) is 11.6 Å². The van der Waals surface area contributed by atoms with E-state index in [2.05, 4.69) is 5.32 Å². The summed E-state index contributed by atoms with van der Waals surface area (Å²) < 4.78 is 0. The first-order chi connectivity index (χ1) is 11.2. The van der Waals surface area contributed by atoms with Gasteiger partial charge in [-0.2, -0.15) is 0 Å². The van der Waals surface area contributed by atoms with Crippen LogP contribution in [0.3, 0.4) is 0 Å². The van der Waals surface area contributed by atoms with Gasteiger partial charge in [-0.25, -0.2) is 0 Å². The number of rotatable bonds is 9. The van der Waals surface area contributed by atoms with Crippen LogP contribution in [0.15, 0.2) is 0 Å². The van der Waals surface area contributed by atoms with Gasteiger partial charge in [0.15, 0.2) is 5.78 Å². The van der Waals surface area contributed by atoms with Crippen molar-refractivity contribution in [3.05, 3.63) is 0 Å². The van der Waals surface area contributed by atoms with E-state index in [1.807, 2.05) is 34.6 Å². The first-order valence-electron chi connectivity index (χ1n) is 9.06. The maximum absolute atomic E-state index is 12.6. The quantitative estimate of drug-likeness (QED) is 0.688. The van der Waals surface area contributed by atoms with Crippen LogP contribution < -0.4 is 5.32 Å². The summed E-state index contributed by atoms with van der Waals surface area (Å²) in [7, 11) is 0. The molecule has 1 atom stereocenters. The third-order valence-electron chi connectivity index (χ3n) is 4.13. The number of hydrogen-bond donors (Lipinski definition) is 1. The van der Waals surface area contributed by atoms with E-state index in [4.69, 9.17) is 0 Å². The van der Waals surface area contributed by atoms with Crippen LogP contribution in [0, 0.1) is 16.7 Å². The molecule has 5 heteroatoms. The lowest BCUT2D eigenvalue weighted by molar-refractivity contribution is -0.134. The normalized spacial score (nSPS) is 13.5. The average molecular weight is 354 g/mol. The second kappa shape index (κ2) is 9.25. The number of nitrogens with one attached hydrogen (secondary N) is 1. The smallest absolute Gasteiger partial charge is 0.221 e. The summed E-state index contributed by atoms with van der Waals surface area (Å²) in [6.07, 6.45) is 0.760. The average Bonchev–Trinajstić information content (AvgIpc) is 2.45. The number of Topliss-reactive ketones (excluding diaryl/α,β-unsaturated/α-hetero) is 3. The SMILES string of the molecule is CC(C)C(=O)CCC(NC(=O)CCC(=O)C(C)(C)C)C(=O)C(C)(C)C. The van der Waals surface area contributed by atoms with Crippen LogP contribution in [0.4, 0.5) is 0 Å². The molecule has 0 bridgehead atoms. The fraction of sp³-hybridized carbons (Fsp3) is 0.800. The van der Waals surface area contributed by atoms with Gasteiger partial charge in [-0.1, -0.05) is 55.4 Å². The highest BCUT2D eigenvalue weighted by Crippen LogP contribution is 2.21. The van der Waals surface area contributed by atoms with E-state index in [1.165, 1.54) is 0 Å². The van der Waals surface area contributed by atoms with Gasteiger partial charge in [-0.15, -0.1) is 0 Å². The van der Waals surface area contributed by atoms with Gasteiger partial charge in [-0.05, 0) is 6.42 Å². The Hall–Kier alpha value is -1.52. The summed E-state index contributed by atoms with van der Waals surface area (Å²) in [6, 6.07) is -0.695. The van der Waals surface area contributed by atoms with E-state index in [0.717, 1.165) is 0 Å². The Morgan fingerprint density at radius 2 is 1.32 bits per heavy atom. The van der Waals surface area contributed by atoms with E-state index in [-0.39, 0.29) is 48.4 Å². The fourth-order valence-corrected chi connectivity index (χ4v) is 2.24. The molecule has 0 aliphatic rings. The zero-order valence-electron chi connectivity index (χ0n) is 17.1. The molecule has 144 valence electrons. The van der Waals surface area contributed by atoms with Crippen LogP contribution in [-0.4, -0.2) is 29.3 Å². The van der Waals surface area contributed by atoms with Crippen molar-refractivity contribution in [1.29, 1.82) is 0 Å².